The molecule has 0 radical (unpaired) electrons. The van der Waals surface area contributed by atoms with E-state index in [1.807, 2.05) is 20.8 Å². The van der Waals surface area contributed by atoms with Crippen LogP contribution in [0.5, 0.6) is 0 Å². The molecule has 0 aromatic heterocycles. The molecule has 1 aromatic carbocycles. The van der Waals surface area contributed by atoms with Crippen LogP contribution in [0.4, 0.5) is 9.18 Å². The largest absolute Gasteiger partial charge is 0.444 e. The molecule has 1 rings (SSSR count). The van der Waals surface area contributed by atoms with Gasteiger partial charge in [0.15, 0.2) is 0 Å². The van der Waals surface area contributed by atoms with Gasteiger partial charge >= 0.3 is 6.09 Å². The Morgan fingerprint density at radius 3 is 2.36 bits per heavy atom. The molecule has 1 amide bonds. The molecule has 0 fully saturated rings. The Balaban J connectivity index is 2.67. The molecular weight excluding hydrogens is 283 g/mol. The molecule has 124 valence electrons. The number of nitrogens with two attached hydrogens (primary N) is 1. The Hall–Kier alpha value is -1.62. The second-order valence-corrected chi connectivity index (χ2v) is 6.38. The van der Waals surface area contributed by atoms with E-state index in [9.17, 15) is 9.18 Å². The summed E-state index contributed by atoms with van der Waals surface area (Å²) < 4.78 is 18.4. The molecule has 0 unspecified atom stereocenters. The van der Waals surface area contributed by atoms with Gasteiger partial charge in [0.25, 0.3) is 0 Å². The number of amides is 1. The first-order valence-electron chi connectivity index (χ1n) is 7.74. The highest BCUT2D eigenvalue weighted by Gasteiger charge is 2.22. The van der Waals surface area contributed by atoms with E-state index in [0.29, 0.717) is 19.6 Å². The van der Waals surface area contributed by atoms with Crippen LogP contribution >= 0.6 is 0 Å². The first kappa shape index (κ1) is 18.4. The Morgan fingerprint density at radius 1 is 1.18 bits per heavy atom. The zero-order valence-electron chi connectivity index (χ0n) is 13.8. The van der Waals surface area contributed by atoms with Gasteiger partial charge in [0.05, 0.1) is 0 Å². The average molecular weight is 310 g/mol. The van der Waals surface area contributed by atoms with Crippen LogP contribution in [0.25, 0.3) is 0 Å². The molecule has 0 heterocycles. The quantitative estimate of drug-likeness (QED) is 0.781. The molecule has 0 bridgehead atoms. The number of halogens is 1. The lowest BCUT2D eigenvalue weighted by atomic mass is 10.2. The normalized spacial score (nSPS) is 11.3. The maximum absolute atomic E-state index is 13.0. The van der Waals surface area contributed by atoms with E-state index in [1.54, 1.807) is 17.0 Å². The van der Waals surface area contributed by atoms with Gasteiger partial charge in [-0.05, 0) is 57.9 Å². The van der Waals surface area contributed by atoms with Gasteiger partial charge in [-0.3, -0.25) is 0 Å². The van der Waals surface area contributed by atoms with E-state index >= 15 is 0 Å². The average Bonchev–Trinajstić information content (AvgIpc) is 2.42. The highest BCUT2D eigenvalue weighted by Crippen LogP contribution is 2.14. The zero-order chi connectivity index (χ0) is 16.6. The van der Waals surface area contributed by atoms with E-state index in [4.69, 9.17) is 10.5 Å². The molecule has 1 aromatic rings. The van der Waals surface area contributed by atoms with Gasteiger partial charge in [-0.15, -0.1) is 0 Å². The van der Waals surface area contributed by atoms with Crippen molar-refractivity contribution in [3.05, 3.63) is 35.6 Å². The summed E-state index contributed by atoms with van der Waals surface area (Å²) in [5.41, 5.74) is 5.83. The van der Waals surface area contributed by atoms with Crippen molar-refractivity contribution in [2.75, 3.05) is 13.1 Å². The maximum Gasteiger partial charge on any atom is 0.410 e. The predicted octanol–water partition coefficient (Wildman–Crippen LogP) is 3.69. The SMILES string of the molecule is CC(C)(C)OC(=O)N(CCCCCN)Cc1ccc(F)cc1. The van der Waals surface area contributed by atoms with Crippen LogP contribution < -0.4 is 5.73 Å². The van der Waals surface area contributed by atoms with Crippen molar-refractivity contribution in [3.8, 4) is 0 Å². The minimum atomic E-state index is -0.532. The number of benzene rings is 1. The molecule has 0 atom stereocenters. The van der Waals surface area contributed by atoms with Crippen LogP contribution in [0.1, 0.15) is 45.6 Å². The monoisotopic (exact) mass is 310 g/mol. The summed E-state index contributed by atoms with van der Waals surface area (Å²) in [4.78, 5) is 14.0. The summed E-state index contributed by atoms with van der Waals surface area (Å²) in [6.07, 6.45) is 2.44. The third kappa shape index (κ3) is 7.41. The number of hydrogen-bond donors (Lipinski definition) is 1. The smallest absolute Gasteiger partial charge is 0.410 e. The van der Waals surface area contributed by atoms with Crippen LogP contribution in [0.2, 0.25) is 0 Å². The van der Waals surface area contributed by atoms with E-state index in [-0.39, 0.29) is 11.9 Å². The van der Waals surface area contributed by atoms with Crippen molar-refractivity contribution in [1.29, 1.82) is 0 Å². The van der Waals surface area contributed by atoms with Crippen molar-refractivity contribution in [2.24, 2.45) is 5.73 Å². The van der Waals surface area contributed by atoms with Crippen LogP contribution in [-0.4, -0.2) is 29.7 Å². The number of nitrogens with zero attached hydrogens (tertiary/aromatic N) is 1. The number of hydrogen-bond acceptors (Lipinski definition) is 3. The summed E-state index contributed by atoms with van der Waals surface area (Å²) in [7, 11) is 0. The van der Waals surface area contributed by atoms with Crippen LogP contribution in [-0.2, 0) is 11.3 Å². The first-order chi connectivity index (χ1) is 10.3. The molecule has 0 spiro atoms. The summed E-state index contributed by atoms with van der Waals surface area (Å²) in [5, 5.41) is 0. The second-order valence-electron chi connectivity index (χ2n) is 6.38. The Labute approximate surface area is 132 Å². The van der Waals surface area contributed by atoms with E-state index in [2.05, 4.69) is 0 Å². The summed E-state index contributed by atoms with van der Waals surface area (Å²) >= 11 is 0. The van der Waals surface area contributed by atoms with Gasteiger partial charge in [-0.2, -0.15) is 0 Å². The predicted molar refractivity (Wildman–Crippen MR) is 85.9 cm³/mol. The number of rotatable bonds is 7. The van der Waals surface area contributed by atoms with Crippen LogP contribution in [0.3, 0.4) is 0 Å². The van der Waals surface area contributed by atoms with Crippen molar-refractivity contribution < 1.29 is 13.9 Å². The fourth-order valence-corrected chi connectivity index (χ4v) is 2.00. The van der Waals surface area contributed by atoms with Crippen molar-refractivity contribution >= 4 is 6.09 Å². The van der Waals surface area contributed by atoms with Gasteiger partial charge in [0.1, 0.15) is 11.4 Å². The topological polar surface area (TPSA) is 55.6 Å². The minimum Gasteiger partial charge on any atom is -0.444 e. The van der Waals surface area contributed by atoms with Gasteiger partial charge in [0.2, 0.25) is 0 Å². The molecular formula is C17H27FN2O2. The van der Waals surface area contributed by atoms with Gasteiger partial charge < -0.3 is 15.4 Å². The van der Waals surface area contributed by atoms with E-state index in [0.717, 1.165) is 24.8 Å². The Bertz CT molecular complexity index is 455. The maximum atomic E-state index is 13.0. The second kappa shape index (κ2) is 8.73. The third-order valence-corrected chi connectivity index (χ3v) is 3.07. The van der Waals surface area contributed by atoms with E-state index < -0.39 is 5.60 Å². The fourth-order valence-electron chi connectivity index (χ4n) is 2.00. The Morgan fingerprint density at radius 2 is 1.82 bits per heavy atom. The van der Waals surface area contributed by atoms with Gasteiger partial charge in [-0.25, -0.2) is 9.18 Å². The lowest BCUT2D eigenvalue weighted by molar-refractivity contribution is 0.0230. The lowest BCUT2D eigenvalue weighted by Gasteiger charge is -2.27. The molecule has 4 nitrogen and oxygen atoms in total. The molecule has 0 aliphatic rings. The lowest BCUT2D eigenvalue weighted by Crippen LogP contribution is -2.37. The summed E-state index contributed by atoms with van der Waals surface area (Å²) in [6.45, 7) is 7.20. The summed E-state index contributed by atoms with van der Waals surface area (Å²) in [6, 6.07) is 6.17. The number of ether oxygens (including phenoxy) is 1. The van der Waals surface area contributed by atoms with Gasteiger partial charge in [0, 0.05) is 13.1 Å². The minimum absolute atomic E-state index is 0.282. The summed E-state index contributed by atoms with van der Waals surface area (Å²) in [5.74, 6) is -0.282. The number of carbonyl (C=O) groups excluding carboxylic acids is 1. The number of carbonyl (C=O) groups is 1. The van der Waals surface area contributed by atoms with Crippen molar-refractivity contribution in [3.63, 3.8) is 0 Å². The fraction of sp³-hybridized carbons (Fsp3) is 0.588. The van der Waals surface area contributed by atoms with Crippen LogP contribution in [0.15, 0.2) is 24.3 Å². The molecule has 22 heavy (non-hydrogen) atoms. The molecule has 0 aliphatic carbocycles. The Kier molecular flexibility index (Phi) is 7.32. The molecule has 5 heteroatoms. The van der Waals surface area contributed by atoms with E-state index in [1.165, 1.54) is 12.1 Å². The standard InChI is InChI=1S/C17H27FN2O2/c1-17(2,3)22-16(21)20(12-6-4-5-11-19)13-14-7-9-15(18)10-8-14/h7-10H,4-6,11-13,19H2,1-3H3. The molecule has 0 saturated carbocycles. The first-order valence-corrected chi connectivity index (χ1v) is 7.74. The highest BCUT2D eigenvalue weighted by atomic mass is 19.1. The van der Waals surface area contributed by atoms with Crippen molar-refractivity contribution in [2.45, 2.75) is 52.2 Å². The molecule has 2 N–H and O–H groups in total. The third-order valence-electron chi connectivity index (χ3n) is 3.07. The zero-order valence-corrected chi connectivity index (χ0v) is 13.8. The molecule has 0 aliphatic heterocycles. The highest BCUT2D eigenvalue weighted by molar-refractivity contribution is 5.68. The van der Waals surface area contributed by atoms with Crippen molar-refractivity contribution in [1.82, 2.24) is 4.90 Å². The molecule has 0 saturated heterocycles. The number of unbranched alkanes of at least 4 members (excludes halogenated alkanes) is 2. The van der Waals surface area contributed by atoms with Gasteiger partial charge in [-0.1, -0.05) is 18.6 Å². The van der Waals surface area contributed by atoms with Crippen LogP contribution in [0, 0.1) is 5.82 Å².